The molecule has 0 fully saturated rings. The van der Waals surface area contributed by atoms with E-state index in [1.807, 2.05) is 24.3 Å². The van der Waals surface area contributed by atoms with Crippen molar-refractivity contribution in [1.82, 2.24) is 9.10 Å². The number of hydrogen-bond acceptors (Lipinski definition) is 5. The lowest BCUT2D eigenvalue weighted by atomic mass is 10.2. The zero-order valence-electron chi connectivity index (χ0n) is 12.3. The number of hydrogen-bond donors (Lipinski definition) is 2. The van der Waals surface area contributed by atoms with Crippen LogP contribution in [0.3, 0.4) is 0 Å². The van der Waals surface area contributed by atoms with Crippen molar-refractivity contribution in [2.45, 2.75) is 4.90 Å². The number of rotatable bonds is 6. The van der Waals surface area contributed by atoms with Crippen LogP contribution in [0.2, 0.25) is 10.0 Å². The van der Waals surface area contributed by atoms with Crippen molar-refractivity contribution in [2.24, 2.45) is 0 Å². The number of nitrogens with zero attached hydrogens (tertiary/aromatic N) is 1. The Kier molecular flexibility index (Phi) is 5.27. The second kappa shape index (κ2) is 7.25. The van der Waals surface area contributed by atoms with Crippen LogP contribution in [0.25, 0.3) is 10.1 Å². The van der Waals surface area contributed by atoms with Gasteiger partial charge >= 0.3 is 0 Å². The van der Waals surface area contributed by atoms with Crippen LogP contribution in [0.5, 0.6) is 0 Å². The van der Waals surface area contributed by atoms with E-state index in [4.69, 9.17) is 23.2 Å². The van der Waals surface area contributed by atoms with E-state index in [0.29, 0.717) is 6.54 Å². The summed E-state index contributed by atoms with van der Waals surface area (Å²) in [5.74, 6) is 0.751. The third-order valence-corrected chi connectivity index (χ3v) is 5.94. The van der Waals surface area contributed by atoms with Crippen molar-refractivity contribution in [3.8, 4) is 0 Å². The van der Waals surface area contributed by atoms with Crippen LogP contribution in [0.15, 0.2) is 47.4 Å². The summed E-state index contributed by atoms with van der Waals surface area (Å²) >= 11 is 13.1. The molecule has 0 unspecified atom stereocenters. The smallest absolute Gasteiger partial charge is 0.240 e. The van der Waals surface area contributed by atoms with E-state index in [-0.39, 0.29) is 21.5 Å². The monoisotopic (exact) mass is 401 g/mol. The van der Waals surface area contributed by atoms with E-state index in [1.165, 1.54) is 29.7 Å². The predicted molar refractivity (Wildman–Crippen MR) is 99.8 cm³/mol. The minimum absolute atomic E-state index is 0.0408. The molecular weight excluding hydrogens is 389 g/mol. The molecule has 0 aliphatic rings. The maximum absolute atomic E-state index is 12.2. The third kappa shape index (κ3) is 3.99. The van der Waals surface area contributed by atoms with Gasteiger partial charge in [0.2, 0.25) is 10.0 Å². The van der Waals surface area contributed by atoms with Crippen molar-refractivity contribution in [2.75, 3.05) is 18.4 Å². The third-order valence-electron chi connectivity index (χ3n) is 3.23. The van der Waals surface area contributed by atoms with Gasteiger partial charge in [0.05, 0.1) is 9.60 Å². The average molecular weight is 402 g/mol. The molecule has 0 spiro atoms. The Hall–Kier alpha value is -1.38. The molecule has 0 amide bonds. The molecule has 3 rings (SSSR count). The number of nitrogens with one attached hydrogen (secondary N) is 2. The molecule has 0 aliphatic carbocycles. The number of fused-ring (bicyclic) bond motifs is 1. The molecule has 1 heterocycles. The minimum atomic E-state index is -3.67. The van der Waals surface area contributed by atoms with Crippen LogP contribution in [0.4, 0.5) is 5.82 Å². The topological polar surface area (TPSA) is 71.1 Å². The summed E-state index contributed by atoms with van der Waals surface area (Å²) in [7, 11) is -3.67. The number of anilines is 1. The molecular formula is C15H13Cl2N3O2S2. The fourth-order valence-corrected chi connectivity index (χ4v) is 4.66. The molecule has 1 aromatic heterocycles. The van der Waals surface area contributed by atoms with Crippen molar-refractivity contribution in [3.05, 3.63) is 52.5 Å². The molecule has 3 aromatic rings. The first-order valence-corrected chi connectivity index (χ1v) is 10.0. The largest absolute Gasteiger partial charge is 0.367 e. The lowest BCUT2D eigenvalue weighted by molar-refractivity contribution is 0.583. The summed E-state index contributed by atoms with van der Waals surface area (Å²) in [6.07, 6.45) is 0. The molecule has 0 saturated carbocycles. The molecule has 0 saturated heterocycles. The van der Waals surface area contributed by atoms with Crippen LogP contribution in [0.1, 0.15) is 0 Å². The highest BCUT2D eigenvalue weighted by atomic mass is 35.5. The molecule has 2 aromatic carbocycles. The average Bonchev–Trinajstić information content (AvgIpc) is 2.94. The van der Waals surface area contributed by atoms with Crippen LogP contribution in [-0.2, 0) is 10.0 Å². The number of halogens is 2. The van der Waals surface area contributed by atoms with Gasteiger partial charge in [-0.25, -0.2) is 13.1 Å². The maximum atomic E-state index is 12.2. The lowest BCUT2D eigenvalue weighted by Gasteiger charge is -2.08. The maximum Gasteiger partial charge on any atom is 0.240 e. The first-order chi connectivity index (χ1) is 11.5. The quantitative estimate of drug-likeness (QED) is 0.612. The van der Waals surface area contributed by atoms with Gasteiger partial charge < -0.3 is 5.32 Å². The van der Waals surface area contributed by atoms with E-state index in [1.54, 1.807) is 0 Å². The van der Waals surface area contributed by atoms with E-state index >= 15 is 0 Å². The van der Waals surface area contributed by atoms with Gasteiger partial charge in [-0.05, 0) is 41.9 Å². The van der Waals surface area contributed by atoms with Gasteiger partial charge in [-0.15, -0.1) is 0 Å². The van der Waals surface area contributed by atoms with Gasteiger partial charge in [-0.2, -0.15) is 4.37 Å². The van der Waals surface area contributed by atoms with Gasteiger partial charge in [-0.3, -0.25) is 0 Å². The van der Waals surface area contributed by atoms with Crippen molar-refractivity contribution >= 4 is 60.7 Å². The Morgan fingerprint density at radius 1 is 1.04 bits per heavy atom. The molecule has 0 bridgehead atoms. The van der Waals surface area contributed by atoms with E-state index in [9.17, 15) is 8.42 Å². The highest BCUT2D eigenvalue weighted by molar-refractivity contribution is 7.89. The Morgan fingerprint density at radius 3 is 2.50 bits per heavy atom. The van der Waals surface area contributed by atoms with Crippen LogP contribution in [0, 0.1) is 0 Å². The highest BCUT2D eigenvalue weighted by Crippen LogP contribution is 2.26. The van der Waals surface area contributed by atoms with Crippen LogP contribution >= 0.6 is 34.7 Å². The van der Waals surface area contributed by atoms with E-state index in [0.717, 1.165) is 15.9 Å². The first kappa shape index (κ1) is 17.4. The molecule has 0 atom stereocenters. The Bertz CT molecular complexity index is 954. The van der Waals surface area contributed by atoms with Gasteiger partial charge in [-0.1, -0.05) is 35.3 Å². The van der Waals surface area contributed by atoms with Gasteiger partial charge in [0.25, 0.3) is 0 Å². The number of sulfonamides is 1. The van der Waals surface area contributed by atoms with Gasteiger partial charge in [0.1, 0.15) is 5.82 Å². The van der Waals surface area contributed by atoms with Crippen LogP contribution < -0.4 is 10.0 Å². The zero-order valence-corrected chi connectivity index (χ0v) is 15.4. The first-order valence-electron chi connectivity index (χ1n) is 7.00. The molecule has 24 heavy (non-hydrogen) atoms. The second-order valence-corrected chi connectivity index (χ2v) is 8.40. The zero-order chi connectivity index (χ0) is 17.2. The summed E-state index contributed by atoms with van der Waals surface area (Å²) in [5.41, 5.74) is 0. The molecule has 5 nitrogen and oxygen atoms in total. The predicted octanol–water partition coefficient (Wildman–Crippen LogP) is 3.99. The SMILES string of the molecule is O=S(=O)(NCCNc1nsc2ccccc12)c1cc(Cl)cc(Cl)c1. The normalized spacial score (nSPS) is 11.8. The van der Waals surface area contributed by atoms with Crippen LogP contribution in [-0.4, -0.2) is 25.9 Å². The number of aromatic nitrogens is 1. The summed E-state index contributed by atoms with van der Waals surface area (Å²) in [4.78, 5) is 0.0408. The van der Waals surface area contributed by atoms with Gasteiger partial charge in [0, 0.05) is 28.5 Å². The van der Waals surface area contributed by atoms with Crippen molar-refractivity contribution < 1.29 is 8.42 Å². The van der Waals surface area contributed by atoms with Crippen molar-refractivity contribution in [3.63, 3.8) is 0 Å². The summed E-state index contributed by atoms with van der Waals surface area (Å²) in [5, 5.41) is 4.70. The molecule has 0 radical (unpaired) electrons. The fraction of sp³-hybridized carbons (Fsp3) is 0.133. The summed E-state index contributed by atoms with van der Waals surface area (Å²) in [6.45, 7) is 0.611. The summed E-state index contributed by atoms with van der Waals surface area (Å²) in [6, 6.07) is 12.1. The Labute approximate surface area is 153 Å². The minimum Gasteiger partial charge on any atom is -0.367 e. The van der Waals surface area contributed by atoms with E-state index in [2.05, 4.69) is 14.4 Å². The highest BCUT2D eigenvalue weighted by Gasteiger charge is 2.15. The number of benzene rings is 2. The molecule has 2 N–H and O–H groups in total. The standard InChI is InChI=1S/C15H13Cl2N3O2S2/c16-10-7-11(17)9-12(8-10)24(21,22)19-6-5-18-15-13-3-1-2-4-14(13)23-20-15/h1-4,7-9,19H,5-6H2,(H,18,20). The Balaban J connectivity index is 1.61. The lowest BCUT2D eigenvalue weighted by Crippen LogP contribution is -2.29. The van der Waals surface area contributed by atoms with E-state index < -0.39 is 10.0 Å². The Morgan fingerprint density at radius 2 is 1.75 bits per heavy atom. The fourth-order valence-electron chi connectivity index (χ4n) is 2.15. The molecule has 126 valence electrons. The second-order valence-electron chi connectivity index (χ2n) is 4.96. The molecule has 0 aliphatic heterocycles. The molecule has 9 heteroatoms. The van der Waals surface area contributed by atoms with Crippen molar-refractivity contribution in [1.29, 1.82) is 0 Å². The van der Waals surface area contributed by atoms with Gasteiger partial charge in [0.15, 0.2) is 0 Å². The summed E-state index contributed by atoms with van der Waals surface area (Å²) < 4.78 is 32.4.